The van der Waals surface area contributed by atoms with Crippen molar-refractivity contribution in [2.75, 3.05) is 31.1 Å². The Balaban J connectivity index is 1.07. The van der Waals surface area contributed by atoms with Crippen LogP contribution in [0.5, 0.6) is 5.75 Å². The molecule has 6 aromatic rings. The topological polar surface area (TPSA) is 63.5 Å². The molecule has 0 aliphatic carbocycles. The Bertz CT molecular complexity index is 1900. The molecule has 0 unspecified atom stereocenters. The van der Waals surface area contributed by atoms with E-state index >= 15 is 0 Å². The third-order valence-electron chi connectivity index (χ3n) is 8.03. The van der Waals surface area contributed by atoms with Crippen LogP contribution in [0.2, 0.25) is 0 Å². The molecule has 1 fully saturated rings. The number of rotatable bonds is 9. The zero-order valence-corrected chi connectivity index (χ0v) is 25.6. The van der Waals surface area contributed by atoms with E-state index in [-0.39, 0.29) is 12.2 Å². The highest BCUT2D eigenvalue weighted by molar-refractivity contribution is 7.13. The molecule has 1 aliphatic heterocycles. The normalized spacial score (nSPS) is 13.6. The van der Waals surface area contributed by atoms with E-state index in [1.807, 2.05) is 66.7 Å². The van der Waals surface area contributed by atoms with E-state index in [0.717, 1.165) is 71.4 Å². The number of hydrogen-bond acceptors (Lipinski definition) is 7. The van der Waals surface area contributed by atoms with Gasteiger partial charge in [-0.2, -0.15) is 9.78 Å². The fourth-order valence-corrected chi connectivity index (χ4v) is 6.41. The van der Waals surface area contributed by atoms with Gasteiger partial charge in [-0.3, -0.25) is 9.69 Å². The van der Waals surface area contributed by atoms with Crippen LogP contribution in [0.3, 0.4) is 0 Å². The summed E-state index contributed by atoms with van der Waals surface area (Å²) >= 11 is 1.68. The van der Waals surface area contributed by atoms with Gasteiger partial charge in [0.25, 0.3) is 0 Å². The molecule has 7 rings (SSSR count). The van der Waals surface area contributed by atoms with Crippen LogP contribution in [0.15, 0.2) is 132 Å². The predicted molar refractivity (Wildman–Crippen MR) is 181 cm³/mol. The number of aromatic nitrogens is 3. The van der Waals surface area contributed by atoms with Crippen LogP contribution in [0, 0.1) is 0 Å². The van der Waals surface area contributed by atoms with Crippen LogP contribution in [0.4, 0.5) is 5.69 Å². The lowest BCUT2D eigenvalue weighted by molar-refractivity contribution is 0.245. The van der Waals surface area contributed by atoms with Gasteiger partial charge in [0.1, 0.15) is 17.3 Å². The number of piperazine rings is 1. The molecule has 7 nitrogen and oxygen atoms in total. The van der Waals surface area contributed by atoms with Crippen molar-refractivity contribution < 1.29 is 4.74 Å². The SMILES string of the molecule is O=c1c(OCc2ccc(-c3ccccc3)cc2)c(N2CCN(Cc3csc(-c4ccccc4)n3)CC2)cnn1-c1ccccc1. The number of para-hydroxylation sites is 1. The monoisotopic (exact) mass is 611 g/mol. The molecular weight excluding hydrogens is 579 g/mol. The maximum atomic E-state index is 13.8. The molecule has 0 N–H and O–H groups in total. The van der Waals surface area contributed by atoms with Crippen molar-refractivity contribution in [3.63, 3.8) is 0 Å². The van der Waals surface area contributed by atoms with E-state index in [2.05, 4.69) is 68.8 Å². The fraction of sp³-hybridized carbons (Fsp3) is 0.162. The lowest BCUT2D eigenvalue weighted by atomic mass is 10.0. The van der Waals surface area contributed by atoms with Gasteiger partial charge < -0.3 is 9.64 Å². The minimum Gasteiger partial charge on any atom is -0.481 e. The molecule has 45 heavy (non-hydrogen) atoms. The van der Waals surface area contributed by atoms with E-state index in [1.165, 1.54) is 4.68 Å². The minimum absolute atomic E-state index is 0.266. The molecule has 224 valence electrons. The minimum atomic E-state index is -0.266. The molecule has 1 saturated heterocycles. The van der Waals surface area contributed by atoms with E-state index < -0.39 is 0 Å². The number of thiazole rings is 1. The molecule has 0 saturated carbocycles. The smallest absolute Gasteiger partial charge is 0.316 e. The Morgan fingerprint density at radius 2 is 1.33 bits per heavy atom. The van der Waals surface area contributed by atoms with E-state index in [9.17, 15) is 4.79 Å². The number of ether oxygens (including phenoxy) is 1. The quantitative estimate of drug-likeness (QED) is 0.177. The highest BCUT2D eigenvalue weighted by Gasteiger charge is 2.24. The molecular formula is C37H33N5O2S. The van der Waals surface area contributed by atoms with E-state index in [0.29, 0.717) is 11.4 Å². The lowest BCUT2D eigenvalue weighted by Crippen LogP contribution is -2.46. The van der Waals surface area contributed by atoms with Crippen molar-refractivity contribution in [1.29, 1.82) is 0 Å². The number of hydrogen-bond donors (Lipinski definition) is 0. The Morgan fingerprint density at radius 3 is 2.02 bits per heavy atom. The van der Waals surface area contributed by atoms with Gasteiger partial charge in [-0.25, -0.2) is 4.98 Å². The highest BCUT2D eigenvalue weighted by atomic mass is 32.1. The summed E-state index contributed by atoms with van der Waals surface area (Å²) in [6, 6.07) is 38.4. The number of nitrogens with zero attached hydrogens (tertiary/aromatic N) is 5. The first-order valence-corrected chi connectivity index (χ1v) is 16.0. The molecule has 0 bridgehead atoms. The fourth-order valence-electron chi connectivity index (χ4n) is 5.59. The zero-order valence-electron chi connectivity index (χ0n) is 24.8. The second-order valence-electron chi connectivity index (χ2n) is 11.0. The standard InChI is InChI=1S/C37H33N5O2S/c43-37-35(44-26-28-16-18-30(19-17-28)29-10-4-1-5-11-29)34(24-38-42(37)33-14-8-3-9-15-33)41-22-20-40(21-23-41)25-32-27-45-36(39-32)31-12-6-2-7-13-31/h1-19,24,27H,20-23,25-26H2. The van der Waals surface area contributed by atoms with Crippen molar-refractivity contribution in [3.8, 4) is 33.1 Å². The summed E-state index contributed by atoms with van der Waals surface area (Å²) in [5.74, 6) is 0.321. The summed E-state index contributed by atoms with van der Waals surface area (Å²) in [5, 5.41) is 7.76. The zero-order chi connectivity index (χ0) is 30.4. The van der Waals surface area contributed by atoms with Crippen LogP contribution in [-0.4, -0.2) is 45.8 Å². The van der Waals surface area contributed by atoms with Gasteiger partial charge in [0.05, 0.1) is 17.6 Å². The van der Waals surface area contributed by atoms with Gasteiger partial charge in [-0.05, 0) is 28.8 Å². The second kappa shape index (κ2) is 13.3. The van der Waals surface area contributed by atoms with Gasteiger partial charge in [0.15, 0.2) is 0 Å². The Labute approximate surface area is 266 Å². The Morgan fingerprint density at radius 1 is 0.711 bits per heavy atom. The Kier molecular flexibility index (Phi) is 8.48. The molecule has 2 aromatic heterocycles. The van der Waals surface area contributed by atoms with Crippen LogP contribution in [-0.2, 0) is 13.2 Å². The molecule has 0 radical (unpaired) electrons. The van der Waals surface area contributed by atoms with Gasteiger partial charge >= 0.3 is 5.56 Å². The molecule has 4 aromatic carbocycles. The summed E-state index contributed by atoms with van der Waals surface area (Å²) in [6.45, 7) is 4.29. The first kappa shape index (κ1) is 28.7. The molecule has 1 aliphatic rings. The van der Waals surface area contributed by atoms with Crippen LogP contribution < -0.4 is 15.2 Å². The Hall–Kier alpha value is -5.05. The maximum Gasteiger partial charge on any atom is 0.316 e. The number of anilines is 1. The van der Waals surface area contributed by atoms with Gasteiger partial charge in [0, 0.05) is 43.7 Å². The van der Waals surface area contributed by atoms with Crippen molar-refractivity contribution in [2.24, 2.45) is 0 Å². The van der Waals surface area contributed by atoms with E-state index in [1.54, 1.807) is 17.5 Å². The summed E-state index contributed by atoms with van der Waals surface area (Å²) in [7, 11) is 0. The summed E-state index contributed by atoms with van der Waals surface area (Å²) in [4.78, 5) is 23.4. The third-order valence-corrected chi connectivity index (χ3v) is 8.97. The van der Waals surface area contributed by atoms with Crippen molar-refractivity contribution >= 4 is 17.0 Å². The summed E-state index contributed by atoms with van der Waals surface area (Å²) in [6.07, 6.45) is 1.77. The number of benzene rings is 4. The van der Waals surface area contributed by atoms with Crippen molar-refractivity contribution in [2.45, 2.75) is 13.2 Å². The van der Waals surface area contributed by atoms with Crippen LogP contribution in [0.1, 0.15) is 11.3 Å². The molecule has 0 spiro atoms. The van der Waals surface area contributed by atoms with Crippen molar-refractivity contribution in [3.05, 3.63) is 148 Å². The second-order valence-corrected chi connectivity index (χ2v) is 11.9. The predicted octanol–water partition coefficient (Wildman–Crippen LogP) is 6.92. The van der Waals surface area contributed by atoms with Gasteiger partial charge in [-0.1, -0.05) is 103 Å². The van der Waals surface area contributed by atoms with Crippen LogP contribution >= 0.6 is 11.3 Å². The van der Waals surface area contributed by atoms with Gasteiger partial charge in [0.2, 0.25) is 5.75 Å². The molecule has 8 heteroatoms. The largest absolute Gasteiger partial charge is 0.481 e. The van der Waals surface area contributed by atoms with Gasteiger partial charge in [-0.15, -0.1) is 11.3 Å². The summed E-state index contributed by atoms with van der Waals surface area (Å²) in [5.41, 5.74) is 6.70. The molecule has 0 amide bonds. The van der Waals surface area contributed by atoms with E-state index in [4.69, 9.17) is 9.72 Å². The average Bonchev–Trinajstić information content (AvgIpc) is 3.58. The lowest BCUT2D eigenvalue weighted by Gasteiger charge is -2.36. The molecule has 3 heterocycles. The first-order valence-electron chi connectivity index (χ1n) is 15.1. The van der Waals surface area contributed by atoms with Crippen LogP contribution in [0.25, 0.3) is 27.4 Å². The maximum absolute atomic E-state index is 13.8. The first-order chi connectivity index (χ1) is 22.2. The van der Waals surface area contributed by atoms with Crippen molar-refractivity contribution in [1.82, 2.24) is 19.7 Å². The third kappa shape index (κ3) is 6.57. The highest BCUT2D eigenvalue weighted by Crippen LogP contribution is 2.28. The average molecular weight is 612 g/mol. The summed E-state index contributed by atoms with van der Waals surface area (Å²) < 4.78 is 7.76. The molecule has 0 atom stereocenters.